The molecule has 0 amide bonds. The molecule has 0 heterocycles. The van der Waals surface area contributed by atoms with Crippen molar-refractivity contribution in [1.29, 1.82) is 0 Å². The van der Waals surface area contributed by atoms with Gasteiger partial charge in [-0.15, -0.1) is 0 Å². The van der Waals surface area contributed by atoms with E-state index in [1.165, 1.54) is 36.4 Å². The van der Waals surface area contributed by atoms with Crippen molar-refractivity contribution in [3.63, 3.8) is 0 Å². The molecule has 7 heteroatoms. The van der Waals surface area contributed by atoms with E-state index in [4.69, 9.17) is 9.84 Å². The first kappa shape index (κ1) is 16.0. The molecular formula is C14H8I2O5. The SMILES string of the molecule is O=C(O)c1ccc(OC(=O)c2cc(I)c(O)c(I)c2)cc1. The minimum Gasteiger partial charge on any atom is -0.506 e. The monoisotopic (exact) mass is 510 g/mol. The first-order chi connectivity index (χ1) is 9.88. The third kappa shape index (κ3) is 3.84. The number of carboxylic acid groups (broad SMARTS) is 1. The van der Waals surface area contributed by atoms with Crippen LogP contribution in [0.25, 0.3) is 0 Å². The highest BCUT2D eigenvalue weighted by atomic mass is 127. The Bertz CT molecular complexity index is 687. The molecule has 0 aliphatic heterocycles. The lowest BCUT2D eigenvalue weighted by Gasteiger charge is -2.07. The van der Waals surface area contributed by atoms with Crippen LogP contribution in [0.3, 0.4) is 0 Å². The fourth-order valence-electron chi connectivity index (χ4n) is 1.51. The average molecular weight is 510 g/mol. The van der Waals surface area contributed by atoms with Crippen molar-refractivity contribution >= 4 is 57.1 Å². The number of carbonyl (C=O) groups is 2. The summed E-state index contributed by atoms with van der Waals surface area (Å²) in [6.07, 6.45) is 0. The number of benzene rings is 2. The summed E-state index contributed by atoms with van der Waals surface area (Å²) < 4.78 is 6.26. The third-order valence-electron chi connectivity index (χ3n) is 2.56. The van der Waals surface area contributed by atoms with Crippen LogP contribution in [0.1, 0.15) is 20.7 Å². The zero-order valence-electron chi connectivity index (χ0n) is 10.3. The Labute approximate surface area is 147 Å². The van der Waals surface area contributed by atoms with Gasteiger partial charge < -0.3 is 14.9 Å². The summed E-state index contributed by atoms with van der Waals surface area (Å²) >= 11 is 3.85. The number of rotatable bonds is 3. The second-order valence-corrected chi connectivity index (χ2v) is 6.33. The Kier molecular flexibility index (Phi) is 5.04. The third-order valence-corrected chi connectivity index (χ3v) is 4.21. The Hall–Kier alpha value is -1.36. The number of ether oxygens (including phenoxy) is 1. The van der Waals surface area contributed by atoms with Crippen LogP contribution in [0.5, 0.6) is 11.5 Å². The van der Waals surface area contributed by atoms with Gasteiger partial charge in [-0.25, -0.2) is 9.59 Å². The maximum Gasteiger partial charge on any atom is 0.343 e. The predicted octanol–water partition coefficient (Wildman–Crippen LogP) is 3.52. The van der Waals surface area contributed by atoms with Crippen LogP contribution in [0.15, 0.2) is 36.4 Å². The van der Waals surface area contributed by atoms with E-state index in [-0.39, 0.29) is 17.1 Å². The Morgan fingerprint density at radius 3 is 1.95 bits per heavy atom. The van der Waals surface area contributed by atoms with E-state index in [1.807, 2.05) is 45.2 Å². The van der Waals surface area contributed by atoms with Crippen molar-refractivity contribution < 1.29 is 24.5 Å². The van der Waals surface area contributed by atoms with Crippen molar-refractivity contribution in [1.82, 2.24) is 0 Å². The van der Waals surface area contributed by atoms with E-state index in [0.717, 1.165) is 0 Å². The van der Waals surface area contributed by atoms with E-state index < -0.39 is 11.9 Å². The zero-order valence-corrected chi connectivity index (χ0v) is 14.7. The van der Waals surface area contributed by atoms with Gasteiger partial charge in [0.2, 0.25) is 0 Å². The molecule has 0 radical (unpaired) electrons. The standard InChI is InChI=1S/C14H8I2O5/c15-10-5-8(6-11(16)12(10)17)14(20)21-9-3-1-7(2-4-9)13(18)19/h1-6,17H,(H,18,19). The maximum absolute atomic E-state index is 12.0. The molecule has 5 nitrogen and oxygen atoms in total. The molecule has 0 aliphatic carbocycles. The number of phenolic OH excluding ortho intramolecular Hbond substituents is 1. The molecule has 0 unspecified atom stereocenters. The number of aromatic carboxylic acids is 1. The summed E-state index contributed by atoms with van der Waals surface area (Å²) in [5.74, 6) is -1.24. The van der Waals surface area contributed by atoms with Crippen LogP contribution in [-0.2, 0) is 0 Å². The van der Waals surface area contributed by atoms with Gasteiger partial charge in [-0.05, 0) is 81.6 Å². The highest BCUT2D eigenvalue weighted by Gasteiger charge is 2.14. The molecule has 0 atom stereocenters. The highest BCUT2D eigenvalue weighted by molar-refractivity contribution is 14.1. The van der Waals surface area contributed by atoms with Gasteiger partial charge in [0.25, 0.3) is 0 Å². The quantitative estimate of drug-likeness (QED) is 0.376. The Balaban J connectivity index is 2.20. The van der Waals surface area contributed by atoms with Crippen LogP contribution in [0.4, 0.5) is 0 Å². The summed E-state index contributed by atoms with van der Waals surface area (Å²) in [6.45, 7) is 0. The minimum absolute atomic E-state index is 0.114. The lowest BCUT2D eigenvalue weighted by atomic mass is 10.2. The Morgan fingerprint density at radius 2 is 1.48 bits per heavy atom. The summed E-state index contributed by atoms with van der Waals surface area (Å²) in [6, 6.07) is 8.58. The largest absolute Gasteiger partial charge is 0.506 e. The lowest BCUT2D eigenvalue weighted by molar-refractivity contribution is 0.0696. The van der Waals surface area contributed by atoms with Crippen molar-refractivity contribution in [3.05, 3.63) is 54.7 Å². The van der Waals surface area contributed by atoms with Crippen LogP contribution < -0.4 is 4.74 Å². The smallest absolute Gasteiger partial charge is 0.343 e. The molecule has 0 bridgehead atoms. The van der Waals surface area contributed by atoms with Gasteiger partial charge in [-0.3, -0.25) is 0 Å². The normalized spacial score (nSPS) is 10.2. The number of carboxylic acids is 1. The number of carbonyl (C=O) groups excluding carboxylic acids is 1. The van der Waals surface area contributed by atoms with Crippen LogP contribution in [0, 0.1) is 7.14 Å². The summed E-state index contributed by atoms with van der Waals surface area (Å²) in [5.41, 5.74) is 0.424. The molecule has 0 fully saturated rings. The molecule has 0 spiro atoms. The van der Waals surface area contributed by atoms with Crippen molar-refractivity contribution in [2.24, 2.45) is 0 Å². The molecule has 0 aliphatic rings. The molecule has 2 aromatic carbocycles. The highest BCUT2D eigenvalue weighted by Crippen LogP contribution is 2.28. The minimum atomic E-state index is -1.05. The van der Waals surface area contributed by atoms with E-state index in [2.05, 4.69) is 0 Å². The van der Waals surface area contributed by atoms with Crippen LogP contribution in [0.2, 0.25) is 0 Å². The number of phenols is 1. The van der Waals surface area contributed by atoms with Gasteiger partial charge in [0, 0.05) is 0 Å². The second kappa shape index (κ2) is 6.60. The predicted molar refractivity (Wildman–Crippen MR) is 91.9 cm³/mol. The van der Waals surface area contributed by atoms with E-state index in [9.17, 15) is 14.7 Å². The molecule has 0 aromatic heterocycles. The second-order valence-electron chi connectivity index (χ2n) is 4.01. The molecular weight excluding hydrogens is 502 g/mol. The van der Waals surface area contributed by atoms with Gasteiger partial charge in [0.05, 0.1) is 18.3 Å². The zero-order chi connectivity index (χ0) is 15.6. The fraction of sp³-hybridized carbons (Fsp3) is 0. The molecule has 0 saturated heterocycles. The molecule has 2 rings (SSSR count). The topological polar surface area (TPSA) is 83.8 Å². The van der Waals surface area contributed by atoms with E-state index in [0.29, 0.717) is 12.7 Å². The van der Waals surface area contributed by atoms with Crippen LogP contribution in [-0.4, -0.2) is 22.2 Å². The summed E-state index contributed by atoms with van der Waals surface area (Å²) in [7, 11) is 0. The lowest BCUT2D eigenvalue weighted by Crippen LogP contribution is -2.09. The number of hydrogen-bond acceptors (Lipinski definition) is 4. The van der Waals surface area contributed by atoms with Gasteiger partial charge >= 0.3 is 11.9 Å². The van der Waals surface area contributed by atoms with Gasteiger partial charge in [-0.1, -0.05) is 0 Å². The van der Waals surface area contributed by atoms with Crippen LogP contribution >= 0.6 is 45.2 Å². The maximum atomic E-state index is 12.0. The molecule has 2 aromatic rings. The van der Waals surface area contributed by atoms with Crippen molar-refractivity contribution in [3.8, 4) is 11.5 Å². The summed E-state index contributed by atoms with van der Waals surface area (Å²) in [5, 5.41) is 18.5. The average Bonchev–Trinajstić information content (AvgIpc) is 2.44. The molecule has 21 heavy (non-hydrogen) atoms. The molecule has 108 valence electrons. The number of hydrogen-bond donors (Lipinski definition) is 2. The fourth-order valence-corrected chi connectivity index (χ4v) is 3.28. The summed E-state index contributed by atoms with van der Waals surface area (Å²) in [4.78, 5) is 22.8. The molecule has 0 saturated carbocycles. The van der Waals surface area contributed by atoms with Gasteiger partial charge in [-0.2, -0.15) is 0 Å². The van der Waals surface area contributed by atoms with Crippen molar-refractivity contribution in [2.75, 3.05) is 0 Å². The first-order valence-corrected chi connectivity index (χ1v) is 7.78. The van der Waals surface area contributed by atoms with Crippen molar-refractivity contribution in [2.45, 2.75) is 0 Å². The number of esters is 1. The number of halogens is 2. The van der Waals surface area contributed by atoms with Gasteiger partial charge in [0.15, 0.2) is 0 Å². The van der Waals surface area contributed by atoms with E-state index in [1.54, 1.807) is 0 Å². The number of aromatic hydroxyl groups is 1. The Morgan fingerprint density at radius 1 is 0.952 bits per heavy atom. The first-order valence-electron chi connectivity index (χ1n) is 5.62. The molecule has 2 N–H and O–H groups in total. The van der Waals surface area contributed by atoms with E-state index >= 15 is 0 Å². The van der Waals surface area contributed by atoms with Gasteiger partial charge in [0.1, 0.15) is 11.5 Å².